The Kier molecular flexibility index (Phi) is 4.71. The number of fused-ring (bicyclic) bond motifs is 1. The van der Waals surface area contributed by atoms with Gasteiger partial charge in [-0.2, -0.15) is 0 Å². The fourth-order valence-corrected chi connectivity index (χ4v) is 2.84. The van der Waals surface area contributed by atoms with Crippen LogP contribution in [0.2, 0.25) is 0 Å². The van der Waals surface area contributed by atoms with Crippen LogP contribution in [0.5, 0.6) is 5.75 Å². The maximum absolute atomic E-state index is 6.36. The average Bonchev–Trinajstić information content (AvgIpc) is 2.46. The summed E-state index contributed by atoms with van der Waals surface area (Å²) in [5.41, 5.74) is 2.64. The van der Waals surface area contributed by atoms with E-state index in [0.717, 1.165) is 25.0 Å². The van der Waals surface area contributed by atoms with Gasteiger partial charge in [0, 0.05) is 0 Å². The van der Waals surface area contributed by atoms with Crippen molar-refractivity contribution in [1.82, 2.24) is 5.32 Å². The van der Waals surface area contributed by atoms with E-state index in [0.29, 0.717) is 0 Å². The fourth-order valence-electron chi connectivity index (χ4n) is 2.84. The number of benzene rings is 1. The third-order valence-electron chi connectivity index (χ3n) is 4.39. The van der Waals surface area contributed by atoms with Gasteiger partial charge in [-0.25, -0.2) is 0 Å². The molecule has 0 bridgehead atoms. The zero-order valence-electron chi connectivity index (χ0n) is 13.3. The van der Waals surface area contributed by atoms with E-state index < -0.39 is 0 Å². The summed E-state index contributed by atoms with van der Waals surface area (Å²) in [7, 11) is 3.72. The molecule has 0 aromatic heterocycles. The molecule has 2 rings (SSSR count). The topological polar surface area (TPSA) is 30.5 Å². The highest BCUT2D eigenvalue weighted by Crippen LogP contribution is 2.36. The molecule has 0 heterocycles. The first-order valence-electron chi connectivity index (χ1n) is 7.52. The Balaban J connectivity index is 2.27. The summed E-state index contributed by atoms with van der Waals surface area (Å²) in [4.78, 5) is 0. The number of rotatable bonds is 5. The van der Waals surface area contributed by atoms with Crippen LogP contribution < -0.4 is 10.1 Å². The van der Waals surface area contributed by atoms with E-state index in [1.54, 1.807) is 7.11 Å². The van der Waals surface area contributed by atoms with Gasteiger partial charge in [0.05, 0.1) is 24.9 Å². The molecule has 3 heteroatoms. The normalized spacial score (nSPS) is 22.4. The van der Waals surface area contributed by atoms with Gasteiger partial charge in [0.25, 0.3) is 0 Å². The highest BCUT2D eigenvalue weighted by Gasteiger charge is 2.33. The van der Waals surface area contributed by atoms with Crippen LogP contribution in [0.4, 0.5) is 0 Å². The summed E-state index contributed by atoms with van der Waals surface area (Å²) >= 11 is 0. The first kappa shape index (κ1) is 15.3. The SMILES string of the molecule is CCC(C)(C)OC1CCc2ccc(OC)cc2C1NC. The van der Waals surface area contributed by atoms with Gasteiger partial charge in [-0.1, -0.05) is 13.0 Å². The van der Waals surface area contributed by atoms with Gasteiger partial charge in [0.15, 0.2) is 0 Å². The summed E-state index contributed by atoms with van der Waals surface area (Å²) in [6.45, 7) is 6.51. The Hall–Kier alpha value is -1.06. The van der Waals surface area contributed by atoms with Crippen molar-refractivity contribution in [3.63, 3.8) is 0 Å². The van der Waals surface area contributed by atoms with E-state index in [4.69, 9.17) is 9.47 Å². The summed E-state index contributed by atoms with van der Waals surface area (Å²) in [5.74, 6) is 0.916. The second-order valence-corrected chi connectivity index (χ2v) is 6.14. The number of nitrogens with one attached hydrogen (secondary N) is 1. The fraction of sp³-hybridized carbons (Fsp3) is 0.647. The highest BCUT2D eigenvalue weighted by molar-refractivity contribution is 5.40. The van der Waals surface area contributed by atoms with Gasteiger partial charge >= 0.3 is 0 Å². The van der Waals surface area contributed by atoms with E-state index in [-0.39, 0.29) is 17.7 Å². The molecule has 0 amide bonds. The smallest absolute Gasteiger partial charge is 0.119 e. The Morgan fingerprint density at radius 3 is 2.70 bits per heavy atom. The minimum Gasteiger partial charge on any atom is -0.497 e. The van der Waals surface area contributed by atoms with Crippen molar-refractivity contribution >= 4 is 0 Å². The molecule has 0 saturated heterocycles. The van der Waals surface area contributed by atoms with Crippen LogP contribution >= 0.6 is 0 Å². The predicted molar refractivity (Wildman–Crippen MR) is 82.4 cm³/mol. The molecule has 1 aliphatic rings. The van der Waals surface area contributed by atoms with Crippen LogP contribution in [-0.4, -0.2) is 25.9 Å². The number of hydrogen-bond acceptors (Lipinski definition) is 3. The van der Waals surface area contributed by atoms with Gasteiger partial charge in [0.1, 0.15) is 5.75 Å². The molecule has 20 heavy (non-hydrogen) atoms. The van der Waals surface area contributed by atoms with Crippen LogP contribution in [0.1, 0.15) is 50.8 Å². The lowest BCUT2D eigenvalue weighted by Gasteiger charge is -2.38. The Morgan fingerprint density at radius 2 is 2.10 bits per heavy atom. The van der Waals surface area contributed by atoms with Gasteiger partial charge in [-0.05, 0) is 63.4 Å². The average molecular weight is 277 g/mol. The maximum atomic E-state index is 6.36. The standard InChI is InChI=1S/C17H27NO2/c1-6-17(2,3)20-15-10-8-12-7-9-13(19-5)11-14(12)16(15)18-4/h7,9,11,15-16,18H,6,8,10H2,1-5H3. The zero-order chi connectivity index (χ0) is 14.8. The van der Waals surface area contributed by atoms with Gasteiger partial charge in [-0.15, -0.1) is 0 Å². The van der Waals surface area contributed by atoms with Crippen molar-refractivity contribution < 1.29 is 9.47 Å². The lowest BCUT2D eigenvalue weighted by atomic mass is 9.85. The molecule has 112 valence electrons. The monoisotopic (exact) mass is 277 g/mol. The number of ether oxygens (including phenoxy) is 2. The molecular weight excluding hydrogens is 250 g/mol. The summed E-state index contributed by atoms with van der Waals surface area (Å²) in [5, 5.41) is 3.43. The molecule has 2 unspecified atom stereocenters. The van der Waals surface area contributed by atoms with Crippen LogP contribution in [0.25, 0.3) is 0 Å². The zero-order valence-corrected chi connectivity index (χ0v) is 13.3. The number of methoxy groups -OCH3 is 1. The van der Waals surface area contributed by atoms with E-state index in [2.05, 4.69) is 38.2 Å². The predicted octanol–water partition coefficient (Wildman–Crippen LogP) is 3.48. The minimum atomic E-state index is -0.0733. The lowest BCUT2D eigenvalue weighted by Crippen LogP contribution is -2.41. The maximum Gasteiger partial charge on any atom is 0.119 e. The second-order valence-electron chi connectivity index (χ2n) is 6.14. The number of likely N-dealkylation sites (N-methyl/N-ethyl adjacent to an activating group) is 1. The molecule has 1 aromatic carbocycles. The van der Waals surface area contributed by atoms with Crippen molar-refractivity contribution in [2.75, 3.05) is 14.2 Å². The molecule has 0 radical (unpaired) electrons. The van der Waals surface area contributed by atoms with Gasteiger partial charge < -0.3 is 14.8 Å². The quantitative estimate of drug-likeness (QED) is 0.894. The van der Waals surface area contributed by atoms with Gasteiger partial charge in [-0.3, -0.25) is 0 Å². The molecular formula is C17H27NO2. The summed E-state index contributed by atoms with van der Waals surface area (Å²) < 4.78 is 11.7. The van der Waals surface area contributed by atoms with Crippen molar-refractivity contribution in [3.8, 4) is 5.75 Å². The molecule has 0 saturated carbocycles. The second kappa shape index (κ2) is 6.15. The van der Waals surface area contributed by atoms with Crippen LogP contribution in [0.15, 0.2) is 18.2 Å². The van der Waals surface area contributed by atoms with Gasteiger partial charge in [0.2, 0.25) is 0 Å². The highest BCUT2D eigenvalue weighted by atomic mass is 16.5. The Labute approximate surface area is 122 Å². The third-order valence-corrected chi connectivity index (χ3v) is 4.39. The molecule has 1 N–H and O–H groups in total. The molecule has 1 aliphatic carbocycles. The van der Waals surface area contributed by atoms with Crippen molar-refractivity contribution in [1.29, 1.82) is 0 Å². The first-order chi connectivity index (χ1) is 9.50. The Morgan fingerprint density at radius 1 is 1.35 bits per heavy atom. The third kappa shape index (κ3) is 3.15. The van der Waals surface area contributed by atoms with Crippen LogP contribution in [0.3, 0.4) is 0 Å². The summed E-state index contributed by atoms with van der Waals surface area (Å²) in [6.07, 6.45) is 3.37. The molecule has 0 fully saturated rings. The lowest BCUT2D eigenvalue weighted by molar-refractivity contribution is -0.0929. The summed E-state index contributed by atoms with van der Waals surface area (Å²) in [6, 6.07) is 6.60. The van der Waals surface area contributed by atoms with E-state index in [1.165, 1.54) is 11.1 Å². The number of aryl methyl sites for hydroxylation is 1. The minimum absolute atomic E-state index is 0.0733. The molecule has 0 spiro atoms. The van der Waals surface area contributed by atoms with Crippen LogP contribution in [0, 0.1) is 0 Å². The Bertz CT molecular complexity index is 456. The molecule has 2 atom stereocenters. The molecule has 0 aliphatic heterocycles. The number of hydrogen-bond donors (Lipinski definition) is 1. The molecule has 1 aromatic rings. The van der Waals surface area contributed by atoms with E-state index in [9.17, 15) is 0 Å². The molecule has 3 nitrogen and oxygen atoms in total. The van der Waals surface area contributed by atoms with E-state index in [1.807, 2.05) is 13.1 Å². The first-order valence-corrected chi connectivity index (χ1v) is 7.52. The van der Waals surface area contributed by atoms with E-state index >= 15 is 0 Å². The van der Waals surface area contributed by atoms with Crippen molar-refractivity contribution in [2.45, 2.75) is 57.8 Å². The van der Waals surface area contributed by atoms with Crippen LogP contribution in [-0.2, 0) is 11.2 Å². The largest absolute Gasteiger partial charge is 0.497 e. The van der Waals surface area contributed by atoms with Crippen molar-refractivity contribution in [3.05, 3.63) is 29.3 Å². The van der Waals surface area contributed by atoms with Crippen molar-refractivity contribution in [2.24, 2.45) is 0 Å².